The molecule has 0 unspecified atom stereocenters. The molecule has 402 valence electrons. The Hall–Kier alpha value is -11.0. The van der Waals surface area contributed by atoms with E-state index in [-0.39, 0.29) is 0 Å². The molecule has 16 aromatic rings. The van der Waals surface area contributed by atoms with Crippen LogP contribution in [0.3, 0.4) is 0 Å². The Morgan fingerprint density at radius 3 is 0.631 bits per heavy atom. The van der Waals surface area contributed by atoms with Crippen LogP contribution >= 0.6 is 0 Å². The Kier molecular flexibility index (Phi) is 11.3. The van der Waals surface area contributed by atoms with Crippen LogP contribution in [0.1, 0.15) is 22.3 Å². The molecule has 8 nitrogen and oxygen atoms in total. The zero-order valence-electron chi connectivity index (χ0n) is 46.7. The summed E-state index contributed by atoms with van der Waals surface area (Å²) in [6.45, 7) is 8.65. The molecule has 4 heterocycles. The number of hydrogen-bond donors (Lipinski definition) is 0. The first-order chi connectivity index (χ1) is 41.4. The Bertz CT molecular complexity index is 4520. The van der Waals surface area contributed by atoms with Crippen molar-refractivity contribution in [3.63, 3.8) is 0 Å². The first kappa shape index (κ1) is 48.9. The summed E-state index contributed by atoms with van der Waals surface area (Å²) in [6, 6.07) is 89.6. The van der Waals surface area contributed by atoms with Crippen LogP contribution in [-0.2, 0) is 0 Å². The van der Waals surface area contributed by atoms with E-state index in [4.69, 9.17) is 17.7 Å². The van der Waals surface area contributed by atoms with Crippen molar-refractivity contribution in [2.24, 2.45) is 0 Å². The number of nitrogens with zero attached hydrogens (tertiary/aromatic N) is 4. The fourth-order valence-corrected chi connectivity index (χ4v) is 12.9. The number of hydrogen-bond acceptors (Lipinski definition) is 8. The summed E-state index contributed by atoms with van der Waals surface area (Å²) >= 11 is 0. The van der Waals surface area contributed by atoms with Gasteiger partial charge in [0, 0.05) is 98.9 Å². The highest BCUT2D eigenvalue weighted by Crippen LogP contribution is 2.57. The van der Waals surface area contributed by atoms with E-state index in [2.05, 4.69) is 278 Å². The number of benzene rings is 12. The van der Waals surface area contributed by atoms with E-state index in [0.717, 1.165) is 167 Å². The molecule has 0 atom stereocenters. The van der Waals surface area contributed by atoms with Crippen LogP contribution in [0.2, 0.25) is 0 Å². The fourth-order valence-electron chi connectivity index (χ4n) is 12.9. The predicted octanol–water partition coefficient (Wildman–Crippen LogP) is 22.7. The normalized spacial score (nSPS) is 11.8. The summed E-state index contributed by atoms with van der Waals surface area (Å²) in [7, 11) is 0. The van der Waals surface area contributed by atoms with Crippen LogP contribution in [0.5, 0.6) is 0 Å². The Balaban J connectivity index is 1.11. The van der Waals surface area contributed by atoms with Gasteiger partial charge in [0.2, 0.25) is 23.5 Å². The molecule has 0 N–H and O–H groups in total. The molecule has 0 spiro atoms. The van der Waals surface area contributed by atoms with Gasteiger partial charge in [-0.2, -0.15) is 0 Å². The predicted molar refractivity (Wildman–Crippen MR) is 347 cm³/mol. The van der Waals surface area contributed by atoms with Gasteiger partial charge in [0.25, 0.3) is 0 Å². The highest BCUT2D eigenvalue weighted by molar-refractivity contribution is 6.33. The number of rotatable bonds is 12. The molecule has 0 aliphatic carbocycles. The van der Waals surface area contributed by atoms with Crippen molar-refractivity contribution >= 4 is 145 Å². The largest absolute Gasteiger partial charge is 0.440 e. The number of furan rings is 4. The van der Waals surface area contributed by atoms with E-state index < -0.39 is 0 Å². The Labute approximate surface area is 484 Å². The number of aryl methyl sites for hydroxylation is 4. The zero-order chi connectivity index (χ0) is 56.2. The molecule has 16 rings (SSSR count). The Morgan fingerprint density at radius 2 is 0.417 bits per heavy atom. The quantitative estimate of drug-likeness (QED) is 0.112. The molecule has 0 aliphatic rings. The lowest BCUT2D eigenvalue weighted by Crippen LogP contribution is -2.16. The van der Waals surface area contributed by atoms with Gasteiger partial charge < -0.3 is 17.7 Å². The first-order valence-electron chi connectivity index (χ1n) is 28.5. The fraction of sp³-hybridized carbons (Fsp3) is 0.0526. The second kappa shape index (κ2) is 19.4. The van der Waals surface area contributed by atoms with Crippen molar-refractivity contribution in [3.8, 4) is 0 Å². The minimum Gasteiger partial charge on any atom is -0.440 e. The average Bonchev–Trinajstić information content (AvgIpc) is 0.875. The molecule has 0 saturated heterocycles. The lowest BCUT2D eigenvalue weighted by atomic mass is 9.89. The van der Waals surface area contributed by atoms with Gasteiger partial charge in [0.15, 0.2) is 0 Å². The molecule has 8 heteroatoms. The monoisotopic (exact) mass is 1090 g/mol. The van der Waals surface area contributed by atoms with Gasteiger partial charge in [-0.3, -0.25) is 19.6 Å². The maximum absolute atomic E-state index is 7.12. The third-order valence-electron chi connectivity index (χ3n) is 16.9. The first-order valence-corrected chi connectivity index (χ1v) is 28.5. The molecule has 12 aromatic carbocycles. The highest BCUT2D eigenvalue weighted by Gasteiger charge is 2.33. The van der Waals surface area contributed by atoms with Gasteiger partial charge in [0.05, 0.1) is 22.7 Å². The second-order valence-electron chi connectivity index (χ2n) is 21.7. The highest BCUT2D eigenvalue weighted by atomic mass is 16.4. The number of para-hydroxylation sites is 8. The van der Waals surface area contributed by atoms with Crippen LogP contribution < -0.4 is 19.6 Å². The molecular formula is C76H54N4O4. The molecule has 4 aromatic heterocycles. The van der Waals surface area contributed by atoms with E-state index in [0.29, 0.717) is 0 Å². The van der Waals surface area contributed by atoms with Crippen molar-refractivity contribution in [2.45, 2.75) is 27.7 Å². The lowest BCUT2D eigenvalue weighted by Gasteiger charge is -2.33. The lowest BCUT2D eigenvalue weighted by molar-refractivity contribution is 0.617. The van der Waals surface area contributed by atoms with Crippen LogP contribution in [0, 0.1) is 27.7 Å². The molecule has 0 fully saturated rings. The molecule has 0 aliphatic heterocycles. The van der Waals surface area contributed by atoms with Crippen LogP contribution in [0.4, 0.5) is 69.0 Å². The third kappa shape index (κ3) is 7.54. The molecule has 84 heavy (non-hydrogen) atoms. The van der Waals surface area contributed by atoms with Crippen molar-refractivity contribution < 1.29 is 17.7 Å². The van der Waals surface area contributed by atoms with Gasteiger partial charge >= 0.3 is 0 Å². The van der Waals surface area contributed by atoms with Gasteiger partial charge in [-0.1, -0.05) is 170 Å². The van der Waals surface area contributed by atoms with Gasteiger partial charge in [-0.15, -0.1) is 0 Å². The summed E-state index contributed by atoms with van der Waals surface area (Å²) in [5.74, 6) is 2.90. The molecular weight excluding hydrogens is 1030 g/mol. The van der Waals surface area contributed by atoms with Crippen LogP contribution in [0.15, 0.2) is 272 Å². The minimum atomic E-state index is 0.724. The van der Waals surface area contributed by atoms with E-state index in [1.807, 2.05) is 24.3 Å². The molecule has 0 saturated carbocycles. The van der Waals surface area contributed by atoms with Crippen LogP contribution in [0.25, 0.3) is 76.2 Å². The minimum absolute atomic E-state index is 0.724. The average molecular weight is 1090 g/mol. The summed E-state index contributed by atoms with van der Waals surface area (Å²) in [4.78, 5) is 9.24. The van der Waals surface area contributed by atoms with E-state index in [1.54, 1.807) is 0 Å². The zero-order valence-corrected chi connectivity index (χ0v) is 46.7. The van der Waals surface area contributed by atoms with Crippen LogP contribution in [-0.4, -0.2) is 0 Å². The summed E-state index contributed by atoms with van der Waals surface area (Å²) in [6.07, 6.45) is 0. The number of fused-ring (bicyclic) bond motifs is 4. The van der Waals surface area contributed by atoms with Gasteiger partial charge in [-0.25, -0.2) is 0 Å². The Morgan fingerprint density at radius 1 is 0.214 bits per heavy atom. The summed E-state index contributed by atoms with van der Waals surface area (Å²) in [5, 5.41) is 10.4. The van der Waals surface area contributed by atoms with Crippen molar-refractivity contribution in [1.29, 1.82) is 0 Å². The maximum Gasteiger partial charge on any atom is 0.208 e. The maximum atomic E-state index is 7.12. The molecule has 0 amide bonds. The molecule has 0 radical (unpaired) electrons. The van der Waals surface area contributed by atoms with E-state index in [1.165, 1.54) is 0 Å². The molecule has 0 bridgehead atoms. The number of anilines is 12. The summed E-state index contributed by atoms with van der Waals surface area (Å²) < 4.78 is 28.5. The van der Waals surface area contributed by atoms with E-state index >= 15 is 0 Å². The van der Waals surface area contributed by atoms with E-state index in [9.17, 15) is 0 Å². The van der Waals surface area contributed by atoms with Crippen molar-refractivity contribution in [1.82, 2.24) is 0 Å². The second-order valence-corrected chi connectivity index (χ2v) is 21.7. The third-order valence-corrected chi connectivity index (χ3v) is 16.9. The van der Waals surface area contributed by atoms with Crippen molar-refractivity contribution in [2.75, 3.05) is 19.6 Å². The van der Waals surface area contributed by atoms with Crippen molar-refractivity contribution in [3.05, 3.63) is 277 Å². The topological polar surface area (TPSA) is 65.5 Å². The summed E-state index contributed by atoms with van der Waals surface area (Å²) in [5.41, 5.74) is 14.8. The standard InChI is InChI=1S/C76H54N4O4/c1-47-55-33-17-21-37-67(55)81-73(47)77(51-25-9-5-10-26-51)63-45-64(78(52-27-11-6-12-28-52)74-48(2)56-34-18-22-38-68(56)82-74)60-43-44-62-66(80(54-31-15-8-16-32-54)76-50(4)58-36-20-24-40-70(58)84-76)46-65(61-42-41-59(63)71(60)72(61)62)79(53-29-13-7-14-30-53)75-49(3)57-35-19-23-39-69(57)83-75/h5-46H,1-4H3. The van der Waals surface area contributed by atoms with Gasteiger partial charge in [-0.05, 0) is 113 Å². The smallest absolute Gasteiger partial charge is 0.208 e. The SMILES string of the molecule is Cc1c(N(c2ccccc2)c2cc(N(c3ccccc3)c3oc4ccccc4c3C)c3ccc4c(N(c5ccccc5)c5oc6ccccc6c5C)cc(N(c5ccccc5)c5oc6ccccc6c5C)c5ccc2c3c54)oc2ccccc12. The van der Waals surface area contributed by atoms with Gasteiger partial charge in [0.1, 0.15) is 22.3 Å².